The first-order valence-electron chi connectivity index (χ1n) is 5.22. The summed E-state index contributed by atoms with van der Waals surface area (Å²) >= 11 is 0. The van der Waals surface area contributed by atoms with Crippen LogP contribution in [0.25, 0.3) is 0 Å². The second-order valence-corrected chi connectivity index (χ2v) is 4.91. The molecule has 2 aliphatic carbocycles. The first-order valence-corrected chi connectivity index (χ1v) is 5.22. The maximum Gasteiger partial charge on any atom is 0.139 e. The minimum atomic E-state index is 0.448. The van der Waals surface area contributed by atoms with Gasteiger partial charge < -0.3 is 0 Å². The Kier molecular flexibility index (Phi) is 1.97. The highest BCUT2D eigenvalue weighted by Crippen LogP contribution is 2.47. The van der Waals surface area contributed by atoms with E-state index in [1.54, 1.807) is 0 Å². The van der Waals surface area contributed by atoms with Gasteiger partial charge in [0.05, 0.1) is 0 Å². The standard InChI is InChI=1S/C11H18O/c1-7(2)5-10-8-3-4-9(6-8)11(10)12/h7-10H,3-6H2,1-2H3. The van der Waals surface area contributed by atoms with Crippen molar-refractivity contribution in [3.8, 4) is 0 Å². The second-order valence-electron chi connectivity index (χ2n) is 4.91. The SMILES string of the molecule is CC(C)CC1C(=O)C2CCC1C2. The lowest BCUT2D eigenvalue weighted by atomic mass is 9.82. The van der Waals surface area contributed by atoms with Gasteiger partial charge in [-0.05, 0) is 37.5 Å². The predicted octanol–water partition coefficient (Wildman–Crippen LogP) is 2.65. The highest BCUT2D eigenvalue weighted by atomic mass is 16.1. The van der Waals surface area contributed by atoms with Crippen molar-refractivity contribution in [1.29, 1.82) is 0 Å². The third kappa shape index (κ3) is 1.19. The van der Waals surface area contributed by atoms with Crippen LogP contribution in [0.5, 0.6) is 0 Å². The van der Waals surface area contributed by atoms with E-state index in [4.69, 9.17) is 0 Å². The van der Waals surface area contributed by atoms with E-state index in [1.807, 2.05) is 0 Å². The zero-order valence-electron chi connectivity index (χ0n) is 8.05. The fourth-order valence-corrected chi connectivity index (χ4v) is 2.99. The van der Waals surface area contributed by atoms with E-state index in [2.05, 4.69) is 13.8 Å². The molecule has 3 atom stereocenters. The van der Waals surface area contributed by atoms with Crippen molar-refractivity contribution < 1.29 is 4.79 Å². The first kappa shape index (κ1) is 8.28. The van der Waals surface area contributed by atoms with Gasteiger partial charge >= 0.3 is 0 Å². The molecule has 2 saturated carbocycles. The predicted molar refractivity (Wildman–Crippen MR) is 48.8 cm³/mol. The van der Waals surface area contributed by atoms with Crippen LogP contribution in [0.4, 0.5) is 0 Å². The first-order chi connectivity index (χ1) is 5.68. The molecule has 0 aliphatic heterocycles. The molecular weight excluding hydrogens is 148 g/mol. The summed E-state index contributed by atoms with van der Waals surface area (Å²) in [6.45, 7) is 4.44. The number of ketones is 1. The summed E-state index contributed by atoms with van der Waals surface area (Å²) in [6, 6.07) is 0. The monoisotopic (exact) mass is 166 g/mol. The maximum atomic E-state index is 11.7. The van der Waals surface area contributed by atoms with E-state index < -0.39 is 0 Å². The molecule has 0 aromatic carbocycles. The topological polar surface area (TPSA) is 17.1 Å². The van der Waals surface area contributed by atoms with Gasteiger partial charge in [0.25, 0.3) is 0 Å². The summed E-state index contributed by atoms with van der Waals surface area (Å²) < 4.78 is 0. The van der Waals surface area contributed by atoms with Crippen LogP contribution in [0, 0.1) is 23.7 Å². The van der Waals surface area contributed by atoms with Crippen LogP contribution in [-0.4, -0.2) is 5.78 Å². The smallest absolute Gasteiger partial charge is 0.139 e. The van der Waals surface area contributed by atoms with Gasteiger partial charge in [0.2, 0.25) is 0 Å². The molecule has 2 aliphatic rings. The summed E-state index contributed by atoms with van der Waals surface area (Å²) in [5.41, 5.74) is 0. The van der Waals surface area contributed by atoms with Crippen LogP contribution >= 0.6 is 0 Å². The molecule has 2 rings (SSSR count). The molecule has 2 bridgehead atoms. The lowest BCUT2D eigenvalue weighted by Gasteiger charge is -2.21. The number of hydrogen-bond acceptors (Lipinski definition) is 1. The average Bonchev–Trinajstić information content (AvgIpc) is 2.53. The molecule has 1 nitrogen and oxygen atoms in total. The Hall–Kier alpha value is -0.330. The van der Waals surface area contributed by atoms with Crippen molar-refractivity contribution in [2.24, 2.45) is 23.7 Å². The van der Waals surface area contributed by atoms with Gasteiger partial charge in [-0.2, -0.15) is 0 Å². The number of carbonyl (C=O) groups excluding carboxylic acids is 1. The molecule has 0 saturated heterocycles. The summed E-state index contributed by atoms with van der Waals surface area (Å²) in [5, 5.41) is 0. The summed E-state index contributed by atoms with van der Waals surface area (Å²) in [4.78, 5) is 11.7. The minimum absolute atomic E-state index is 0.448. The number of hydrogen-bond donors (Lipinski definition) is 0. The lowest BCUT2D eigenvalue weighted by molar-refractivity contribution is -0.126. The van der Waals surface area contributed by atoms with Gasteiger partial charge in [-0.3, -0.25) is 4.79 Å². The molecule has 2 fully saturated rings. The second kappa shape index (κ2) is 2.86. The molecule has 0 N–H and O–H groups in total. The molecule has 0 amide bonds. The fraction of sp³-hybridized carbons (Fsp3) is 0.909. The van der Waals surface area contributed by atoms with E-state index in [0.717, 1.165) is 12.3 Å². The van der Waals surface area contributed by atoms with E-state index >= 15 is 0 Å². The van der Waals surface area contributed by atoms with E-state index in [0.29, 0.717) is 23.5 Å². The average molecular weight is 166 g/mol. The number of rotatable bonds is 2. The van der Waals surface area contributed by atoms with Crippen LogP contribution in [0.15, 0.2) is 0 Å². The highest BCUT2D eigenvalue weighted by Gasteiger charge is 2.46. The largest absolute Gasteiger partial charge is 0.299 e. The molecule has 0 radical (unpaired) electrons. The van der Waals surface area contributed by atoms with E-state index in [-0.39, 0.29) is 0 Å². The van der Waals surface area contributed by atoms with Gasteiger partial charge in [0, 0.05) is 11.8 Å². The Morgan fingerprint density at radius 3 is 2.67 bits per heavy atom. The van der Waals surface area contributed by atoms with Gasteiger partial charge in [-0.25, -0.2) is 0 Å². The molecule has 68 valence electrons. The normalized spacial score (nSPS) is 39.9. The van der Waals surface area contributed by atoms with Gasteiger partial charge in [-0.15, -0.1) is 0 Å². The third-order valence-electron chi connectivity index (χ3n) is 3.54. The van der Waals surface area contributed by atoms with Crippen molar-refractivity contribution >= 4 is 5.78 Å². The molecule has 3 unspecified atom stereocenters. The van der Waals surface area contributed by atoms with Crippen molar-refractivity contribution in [3.63, 3.8) is 0 Å². The Morgan fingerprint density at radius 2 is 2.17 bits per heavy atom. The van der Waals surface area contributed by atoms with Crippen molar-refractivity contribution in [3.05, 3.63) is 0 Å². The summed E-state index contributed by atoms with van der Waals surface area (Å²) in [7, 11) is 0. The molecule has 0 spiro atoms. The molecule has 12 heavy (non-hydrogen) atoms. The van der Waals surface area contributed by atoms with Gasteiger partial charge in [0.1, 0.15) is 5.78 Å². The van der Waals surface area contributed by atoms with Crippen molar-refractivity contribution in [2.75, 3.05) is 0 Å². The third-order valence-corrected chi connectivity index (χ3v) is 3.54. The van der Waals surface area contributed by atoms with Crippen LogP contribution < -0.4 is 0 Å². The zero-order chi connectivity index (χ0) is 8.72. The summed E-state index contributed by atoms with van der Waals surface area (Å²) in [6.07, 6.45) is 4.88. The number of fused-ring (bicyclic) bond motifs is 2. The van der Waals surface area contributed by atoms with E-state index in [9.17, 15) is 4.79 Å². The van der Waals surface area contributed by atoms with Crippen LogP contribution in [0.2, 0.25) is 0 Å². The quantitative estimate of drug-likeness (QED) is 0.616. The molecule has 0 aromatic heterocycles. The Labute approximate surface area is 74.5 Å². The Bertz CT molecular complexity index is 195. The minimum Gasteiger partial charge on any atom is -0.299 e. The molecule has 0 heterocycles. The Balaban J connectivity index is 2.02. The van der Waals surface area contributed by atoms with Crippen LogP contribution in [-0.2, 0) is 4.79 Å². The number of Topliss-reactive ketones (excluding diaryl/α,β-unsaturated/α-hetero) is 1. The van der Waals surface area contributed by atoms with Crippen LogP contribution in [0.1, 0.15) is 39.5 Å². The van der Waals surface area contributed by atoms with Crippen molar-refractivity contribution in [1.82, 2.24) is 0 Å². The lowest BCUT2D eigenvalue weighted by Crippen LogP contribution is -2.23. The summed E-state index contributed by atoms with van der Waals surface area (Å²) in [5.74, 6) is 2.98. The molecule has 0 aromatic rings. The van der Waals surface area contributed by atoms with Gasteiger partial charge in [-0.1, -0.05) is 13.8 Å². The maximum absolute atomic E-state index is 11.7. The van der Waals surface area contributed by atoms with Crippen molar-refractivity contribution in [2.45, 2.75) is 39.5 Å². The van der Waals surface area contributed by atoms with E-state index in [1.165, 1.54) is 19.3 Å². The number of carbonyl (C=O) groups is 1. The van der Waals surface area contributed by atoms with Crippen LogP contribution in [0.3, 0.4) is 0 Å². The molecular formula is C11H18O. The fourth-order valence-electron chi connectivity index (χ4n) is 2.99. The van der Waals surface area contributed by atoms with Gasteiger partial charge in [0.15, 0.2) is 0 Å². The Morgan fingerprint density at radius 1 is 1.42 bits per heavy atom. The highest BCUT2D eigenvalue weighted by molar-refractivity contribution is 5.86. The molecule has 1 heteroatoms. The zero-order valence-corrected chi connectivity index (χ0v) is 8.05.